The molecular formula is C23H34N4O7. The predicted molar refractivity (Wildman–Crippen MR) is 123 cm³/mol. The van der Waals surface area contributed by atoms with Gasteiger partial charge in [-0.05, 0) is 42.9 Å². The zero-order valence-electron chi connectivity index (χ0n) is 19.4. The van der Waals surface area contributed by atoms with Crippen LogP contribution in [0.25, 0.3) is 0 Å². The third-order valence-electron chi connectivity index (χ3n) is 6.14. The van der Waals surface area contributed by atoms with Crippen LogP contribution in [0.1, 0.15) is 38.7 Å². The molecule has 2 rings (SSSR count). The number of benzene rings is 1. The van der Waals surface area contributed by atoms with Crippen molar-refractivity contribution in [2.75, 3.05) is 13.2 Å². The lowest BCUT2D eigenvalue weighted by Crippen LogP contribution is -2.59. The van der Waals surface area contributed by atoms with E-state index in [0.29, 0.717) is 24.8 Å². The molecule has 188 valence electrons. The maximum absolute atomic E-state index is 13.1. The third-order valence-corrected chi connectivity index (χ3v) is 6.14. The summed E-state index contributed by atoms with van der Waals surface area (Å²) in [5.41, 5.74) is 6.63. The van der Waals surface area contributed by atoms with Crippen molar-refractivity contribution < 1.29 is 34.5 Å². The summed E-state index contributed by atoms with van der Waals surface area (Å²) in [6, 6.07) is 1.85. The summed E-state index contributed by atoms with van der Waals surface area (Å²) >= 11 is 0. The quantitative estimate of drug-likeness (QED) is 0.242. The molecule has 3 amide bonds. The van der Waals surface area contributed by atoms with Gasteiger partial charge in [0.2, 0.25) is 17.7 Å². The van der Waals surface area contributed by atoms with Crippen LogP contribution in [-0.4, -0.2) is 81.2 Å². The summed E-state index contributed by atoms with van der Waals surface area (Å²) in [6.45, 7) is 3.16. The molecular weight excluding hydrogens is 444 g/mol. The lowest BCUT2D eigenvalue weighted by atomic mass is 9.97. The van der Waals surface area contributed by atoms with E-state index in [2.05, 4.69) is 10.6 Å². The zero-order chi connectivity index (χ0) is 25.4. The number of aliphatic carboxylic acids is 1. The predicted octanol–water partition coefficient (Wildman–Crippen LogP) is -0.654. The number of hydrogen-bond acceptors (Lipinski definition) is 7. The van der Waals surface area contributed by atoms with Crippen LogP contribution in [0, 0.1) is 5.92 Å². The molecule has 0 aliphatic carbocycles. The Hall–Kier alpha value is -3.18. The molecule has 1 aliphatic heterocycles. The van der Waals surface area contributed by atoms with Gasteiger partial charge in [0, 0.05) is 6.54 Å². The Balaban J connectivity index is 2.05. The minimum Gasteiger partial charge on any atom is -0.508 e. The number of carboxylic acids is 1. The molecule has 1 fully saturated rings. The number of aliphatic hydroxyl groups excluding tert-OH is 1. The molecule has 0 aromatic heterocycles. The fourth-order valence-corrected chi connectivity index (χ4v) is 3.85. The summed E-state index contributed by atoms with van der Waals surface area (Å²) < 4.78 is 0. The molecule has 11 heteroatoms. The van der Waals surface area contributed by atoms with Gasteiger partial charge in [0.1, 0.15) is 23.9 Å². The second-order valence-corrected chi connectivity index (χ2v) is 8.62. The molecule has 5 atom stereocenters. The Labute approximate surface area is 198 Å². The maximum atomic E-state index is 13.1. The van der Waals surface area contributed by atoms with Crippen molar-refractivity contribution in [2.24, 2.45) is 11.7 Å². The van der Waals surface area contributed by atoms with Crippen molar-refractivity contribution in [2.45, 2.75) is 63.7 Å². The van der Waals surface area contributed by atoms with Crippen molar-refractivity contribution in [3.8, 4) is 5.75 Å². The molecule has 1 aliphatic rings. The Kier molecular flexibility index (Phi) is 9.82. The Morgan fingerprint density at radius 2 is 1.79 bits per heavy atom. The minimum atomic E-state index is -1.34. The van der Waals surface area contributed by atoms with Gasteiger partial charge in [-0.2, -0.15) is 0 Å². The largest absolute Gasteiger partial charge is 0.508 e. The van der Waals surface area contributed by atoms with E-state index in [1.54, 1.807) is 19.1 Å². The number of carbonyl (C=O) groups is 4. The van der Waals surface area contributed by atoms with E-state index in [9.17, 15) is 34.5 Å². The number of phenols is 1. The number of nitrogens with two attached hydrogens (primary N) is 1. The standard InChI is InChI=1S/C23H34N4O7/c1-3-13(2)19(22(32)27-10-4-5-18(27)23(33)34)26-21(31)17(12-28)25-20(30)16(24)11-14-6-8-15(29)9-7-14/h6-9,13,16-19,28-29H,3-5,10-12,24H2,1-2H3,(H,25,30)(H,26,31)(H,33,34). The fourth-order valence-electron chi connectivity index (χ4n) is 3.85. The third kappa shape index (κ3) is 6.91. The van der Waals surface area contributed by atoms with E-state index in [-0.39, 0.29) is 24.6 Å². The number of carbonyl (C=O) groups excluding carboxylic acids is 3. The van der Waals surface area contributed by atoms with Crippen LogP contribution in [0.15, 0.2) is 24.3 Å². The lowest BCUT2D eigenvalue weighted by molar-refractivity contribution is -0.150. The molecule has 34 heavy (non-hydrogen) atoms. The fraction of sp³-hybridized carbons (Fsp3) is 0.565. The van der Waals surface area contributed by atoms with E-state index < -0.39 is 54.5 Å². The maximum Gasteiger partial charge on any atom is 0.326 e. The summed E-state index contributed by atoms with van der Waals surface area (Å²) in [6.07, 6.45) is 1.58. The highest BCUT2D eigenvalue weighted by Crippen LogP contribution is 2.21. The number of likely N-dealkylation sites (tertiary alicyclic amines) is 1. The first-order valence-corrected chi connectivity index (χ1v) is 11.4. The topological polar surface area (TPSA) is 182 Å². The van der Waals surface area contributed by atoms with E-state index in [1.807, 2.05) is 6.92 Å². The van der Waals surface area contributed by atoms with Crippen molar-refractivity contribution in [3.63, 3.8) is 0 Å². The summed E-state index contributed by atoms with van der Waals surface area (Å²) in [5.74, 6) is -3.26. The van der Waals surface area contributed by atoms with Gasteiger partial charge < -0.3 is 36.6 Å². The van der Waals surface area contributed by atoms with Crippen LogP contribution < -0.4 is 16.4 Å². The SMILES string of the molecule is CCC(C)C(NC(=O)C(CO)NC(=O)C(N)Cc1ccc(O)cc1)C(=O)N1CCCC1C(=O)O. The van der Waals surface area contributed by atoms with E-state index in [0.717, 1.165) is 0 Å². The Morgan fingerprint density at radius 1 is 1.15 bits per heavy atom. The van der Waals surface area contributed by atoms with Gasteiger partial charge in [-0.3, -0.25) is 14.4 Å². The monoisotopic (exact) mass is 478 g/mol. The number of carboxylic acid groups (broad SMARTS) is 1. The first-order valence-electron chi connectivity index (χ1n) is 11.4. The molecule has 0 spiro atoms. The second-order valence-electron chi connectivity index (χ2n) is 8.62. The minimum absolute atomic E-state index is 0.0767. The van der Waals surface area contributed by atoms with Gasteiger partial charge >= 0.3 is 5.97 Å². The highest BCUT2D eigenvalue weighted by molar-refractivity contribution is 5.94. The summed E-state index contributed by atoms with van der Waals surface area (Å²) in [5, 5.41) is 33.4. The second kappa shape index (κ2) is 12.3. The van der Waals surface area contributed by atoms with Crippen LogP contribution in [-0.2, 0) is 25.6 Å². The van der Waals surface area contributed by atoms with Gasteiger partial charge in [-0.25, -0.2) is 4.79 Å². The zero-order valence-corrected chi connectivity index (χ0v) is 19.4. The molecule has 1 saturated heterocycles. The molecule has 5 unspecified atom stereocenters. The van der Waals surface area contributed by atoms with Crippen LogP contribution in [0.5, 0.6) is 5.75 Å². The highest BCUT2D eigenvalue weighted by Gasteiger charge is 2.39. The van der Waals surface area contributed by atoms with Crippen molar-refractivity contribution >= 4 is 23.7 Å². The molecule has 0 radical (unpaired) electrons. The van der Waals surface area contributed by atoms with E-state index in [4.69, 9.17) is 5.73 Å². The van der Waals surface area contributed by atoms with Crippen LogP contribution >= 0.6 is 0 Å². The smallest absolute Gasteiger partial charge is 0.326 e. The number of aromatic hydroxyl groups is 1. The van der Waals surface area contributed by atoms with E-state index >= 15 is 0 Å². The normalized spacial score (nSPS) is 19.1. The van der Waals surface area contributed by atoms with Gasteiger partial charge in [0.05, 0.1) is 12.6 Å². The molecule has 7 N–H and O–H groups in total. The van der Waals surface area contributed by atoms with Crippen molar-refractivity contribution in [1.29, 1.82) is 0 Å². The highest BCUT2D eigenvalue weighted by atomic mass is 16.4. The van der Waals surface area contributed by atoms with Gasteiger partial charge in [0.25, 0.3) is 0 Å². The number of phenolic OH excluding ortho intramolecular Hbond substituents is 1. The number of nitrogens with zero attached hydrogens (tertiary/aromatic N) is 1. The van der Waals surface area contributed by atoms with Crippen molar-refractivity contribution in [1.82, 2.24) is 15.5 Å². The number of hydrogen-bond donors (Lipinski definition) is 6. The lowest BCUT2D eigenvalue weighted by Gasteiger charge is -2.31. The molecule has 0 bridgehead atoms. The van der Waals surface area contributed by atoms with Crippen LogP contribution in [0.4, 0.5) is 0 Å². The number of nitrogens with one attached hydrogen (secondary N) is 2. The van der Waals surface area contributed by atoms with Gasteiger partial charge in [-0.15, -0.1) is 0 Å². The molecule has 1 heterocycles. The van der Waals surface area contributed by atoms with E-state index in [1.165, 1.54) is 17.0 Å². The van der Waals surface area contributed by atoms with Gasteiger partial charge in [0.15, 0.2) is 0 Å². The summed E-state index contributed by atoms with van der Waals surface area (Å²) in [4.78, 5) is 51.3. The van der Waals surface area contributed by atoms with Crippen LogP contribution in [0.2, 0.25) is 0 Å². The first-order chi connectivity index (χ1) is 16.1. The Morgan fingerprint density at radius 3 is 2.35 bits per heavy atom. The van der Waals surface area contributed by atoms with Gasteiger partial charge in [-0.1, -0.05) is 32.4 Å². The average molecular weight is 479 g/mol. The van der Waals surface area contributed by atoms with Crippen LogP contribution in [0.3, 0.4) is 0 Å². The number of amides is 3. The average Bonchev–Trinajstić information content (AvgIpc) is 3.31. The molecule has 1 aromatic carbocycles. The number of rotatable bonds is 11. The molecule has 1 aromatic rings. The van der Waals surface area contributed by atoms with Crippen molar-refractivity contribution in [3.05, 3.63) is 29.8 Å². The summed E-state index contributed by atoms with van der Waals surface area (Å²) in [7, 11) is 0. The molecule has 0 saturated carbocycles. The number of aliphatic hydroxyl groups is 1. The Bertz CT molecular complexity index is 877. The first kappa shape index (κ1) is 27.1. The molecule has 11 nitrogen and oxygen atoms in total.